The largest absolute Gasteiger partial charge is 0.458 e. The van der Waals surface area contributed by atoms with Gasteiger partial charge >= 0.3 is 5.97 Å². The third kappa shape index (κ3) is 4.72. The maximum atomic E-state index is 14.6. The monoisotopic (exact) mass is 577 g/mol. The van der Waals surface area contributed by atoms with E-state index in [0.717, 1.165) is 12.3 Å². The van der Waals surface area contributed by atoms with E-state index in [1.54, 1.807) is 19.1 Å². The zero-order valence-corrected chi connectivity index (χ0v) is 23.1. The van der Waals surface area contributed by atoms with Crippen molar-refractivity contribution in [3.8, 4) is 11.4 Å². The van der Waals surface area contributed by atoms with E-state index in [1.807, 2.05) is 13.8 Å². The lowest BCUT2D eigenvalue weighted by Gasteiger charge is -2.21. The molecule has 1 atom stereocenters. The Bertz CT molecular complexity index is 1850. The first-order valence-corrected chi connectivity index (χ1v) is 13.2. The number of cyclic esters (lactones) is 1. The van der Waals surface area contributed by atoms with Crippen LogP contribution in [0.15, 0.2) is 41.5 Å². The molecule has 0 spiro atoms. The number of carbonyl (C=O) groups excluding carboxylic acids is 1. The minimum Gasteiger partial charge on any atom is -0.458 e. The number of pyridine rings is 3. The van der Waals surface area contributed by atoms with Crippen molar-refractivity contribution in [2.45, 2.75) is 46.6 Å². The van der Waals surface area contributed by atoms with E-state index < -0.39 is 29.3 Å². The molecule has 2 aliphatic rings. The van der Waals surface area contributed by atoms with Gasteiger partial charge in [0.05, 0.1) is 47.5 Å². The molecule has 0 bridgehead atoms. The summed E-state index contributed by atoms with van der Waals surface area (Å²) in [4.78, 5) is 33.8. The zero-order valence-electron chi connectivity index (χ0n) is 23.1. The predicted octanol–water partition coefficient (Wildman–Crippen LogP) is 2.74. The fourth-order valence-electron chi connectivity index (χ4n) is 5.18. The predicted molar refractivity (Wildman–Crippen MR) is 152 cm³/mol. The van der Waals surface area contributed by atoms with Gasteiger partial charge in [-0.15, -0.1) is 0 Å². The highest BCUT2D eigenvalue weighted by atomic mass is 19.1. The molecule has 0 aliphatic carbocycles. The Labute approximate surface area is 238 Å². The van der Waals surface area contributed by atoms with Crippen LogP contribution in [0.4, 0.5) is 14.6 Å². The van der Waals surface area contributed by atoms with Gasteiger partial charge in [0, 0.05) is 34.3 Å². The van der Waals surface area contributed by atoms with Crippen LogP contribution in [0.1, 0.15) is 53.3 Å². The number of anilines is 1. The molecule has 218 valence electrons. The van der Waals surface area contributed by atoms with Gasteiger partial charge in [-0.2, -0.15) is 0 Å². The molecule has 13 heteroatoms. The van der Waals surface area contributed by atoms with Crippen LogP contribution in [-0.4, -0.2) is 30.6 Å². The first kappa shape index (κ1) is 28.6. The van der Waals surface area contributed by atoms with Crippen LogP contribution >= 0.6 is 0 Å². The number of rotatable bonds is 4. The number of aromatic nitrogens is 3. The Morgan fingerprint density at radius 1 is 1.21 bits per heavy atom. The number of benzene rings is 1. The van der Waals surface area contributed by atoms with E-state index >= 15 is 0 Å². The molecule has 2 aliphatic heterocycles. The summed E-state index contributed by atoms with van der Waals surface area (Å²) in [6.07, 6.45) is 0.733. The van der Waals surface area contributed by atoms with Crippen LogP contribution < -0.4 is 22.9 Å². The molecule has 1 aromatic carbocycles. The SMILES string of the molecule is CC.Cc1cc2c(CN(N)/C=C(\N)c3cc(F)cnc3N)c3c(nc2cc1F)-c1cc2c(c(=O)n1C3)COC(=O)C2O. The Morgan fingerprint density at radius 2 is 1.95 bits per heavy atom. The van der Waals surface area contributed by atoms with Gasteiger partial charge in [-0.3, -0.25) is 4.79 Å². The summed E-state index contributed by atoms with van der Waals surface area (Å²) < 4.78 is 34.8. The molecule has 0 radical (unpaired) electrons. The Kier molecular flexibility index (Phi) is 7.39. The van der Waals surface area contributed by atoms with Gasteiger partial charge in [-0.1, -0.05) is 13.8 Å². The van der Waals surface area contributed by atoms with Crippen LogP contribution in [0.5, 0.6) is 0 Å². The summed E-state index contributed by atoms with van der Waals surface area (Å²) >= 11 is 0. The van der Waals surface area contributed by atoms with Crippen LogP contribution in [0.25, 0.3) is 28.0 Å². The van der Waals surface area contributed by atoms with Crippen molar-refractivity contribution >= 4 is 28.4 Å². The van der Waals surface area contributed by atoms with Crippen molar-refractivity contribution in [3.05, 3.63) is 92.0 Å². The number of nitrogens with zero attached hydrogens (tertiary/aromatic N) is 4. The highest BCUT2D eigenvalue weighted by Gasteiger charge is 2.35. The number of nitrogens with two attached hydrogens (primary N) is 3. The third-order valence-electron chi connectivity index (χ3n) is 7.20. The molecule has 11 nitrogen and oxygen atoms in total. The normalized spacial score (nSPS) is 15.4. The average Bonchev–Trinajstić information content (AvgIpc) is 3.33. The number of aliphatic hydroxyl groups is 1. The second-order valence-electron chi connectivity index (χ2n) is 9.74. The molecule has 6 rings (SSSR count). The Morgan fingerprint density at radius 3 is 2.69 bits per heavy atom. The fourth-order valence-corrected chi connectivity index (χ4v) is 5.18. The number of nitrogen functional groups attached to an aromatic ring is 1. The summed E-state index contributed by atoms with van der Waals surface area (Å²) in [5.41, 5.74) is 14.9. The molecule has 0 amide bonds. The first-order valence-electron chi connectivity index (χ1n) is 13.2. The zero-order chi connectivity index (χ0) is 30.5. The van der Waals surface area contributed by atoms with Crippen LogP contribution in [0.3, 0.4) is 0 Å². The smallest absolute Gasteiger partial charge is 0.340 e. The molecular formula is C29H29F2N7O4. The lowest BCUT2D eigenvalue weighted by Crippen LogP contribution is -2.32. The van der Waals surface area contributed by atoms with Gasteiger partial charge in [0.1, 0.15) is 24.1 Å². The highest BCUT2D eigenvalue weighted by molar-refractivity contribution is 5.89. The second-order valence-corrected chi connectivity index (χ2v) is 9.74. The Hall–Kier alpha value is -4.88. The molecule has 0 saturated carbocycles. The first-order chi connectivity index (χ1) is 20.0. The standard InChI is InChI=1S/C27H23F2N7O4.C2H6/c1-11-2-13-16(7-35(32)9-20(30)15-3-12(28)6-33-25(15)31)17-8-36-22(23(17)34-21(13)5-19(11)29)4-14-18(26(36)38)10-40-27(39)24(14)37;1-2/h2-6,9,24,37H,7-8,10,30,32H2,1H3,(H2,31,33);1-2H3/b20-9-;. The van der Waals surface area contributed by atoms with Crippen molar-refractivity contribution in [2.24, 2.45) is 11.6 Å². The van der Waals surface area contributed by atoms with Crippen LogP contribution in [-0.2, 0) is 29.2 Å². The van der Waals surface area contributed by atoms with Crippen molar-refractivity contribution in [1.29, 1.82) is 0 Å². The molecule has 0 fully saturated rings. The molecule has 7 N–H and O–H groups in total. The minimum absolute atomic E-state index is 0.0216. The summed E-state index contributed by atoms with van der Waals surface area (Å²) in [6, 6.07) is 5.62. The number of esters is 1. The van der Waals surface area contributed by atoms with Crippen molar-refractivity contribution in [1.82, 2.24) is 19.5 Å². The molecule has 4 aromatic rings. The van der Waals surface area contributed by atoms with Gasteiger partial charge < -0.3 is 30.9 Å². The van der Waals surface area contributed by atoms with Crippen LogP contribution in [0, 0.1) is 18.6 Å². The molecule has 1 unspecified atom stereocenters. The number of aliphatic hydroxyl groups excluding tert-OH is 1. The topological polar surface area (TPSA) is 176 Å². The fraction of sp³-hybridized carbons (Fsp3) is 0.241. The number of hydrazine groups is 1. The van der Waals surface area contributed by atoms with Gasteiger partial charge in [0.15, 0.2) is 6.10 Å². The number of fused-ring (bicyclic) bond motifs is 5. The molecule has 3 aromatic heterocycles. The van der Waals surface area contributed by atoms with Crippen molar-refractivity contribution in [3.63, 3.8) is 0 Å². The summed E-state index contributed by atoms with van der Waals surface area (Å²) in [5, 5.41) is 12.3. The minimum atomic E-state index is -1.61. The summed E-state index contributed by atoms with van der Waals surface area (Å²) in [7, 11) is 0. The lowest BCUT2D eigenvalue weighted by atomic mass is 9.97. The van der Waals surface area contributed by atoms with Gasteiger partial charge in [-0.25, -0.2) is 29.4 Å². The number of hydrogen-bond acceptors (Lipinski definition) is 10. The van der Waals surface area contributed by atoms with Gasteiger partial charge in [-0.05, 0) is 36.2 Å². The van der Waals surface area contributed by atoms with E-state index in [2.05, 4.69) is 9.97 Å². The van der Waals surface area contributed by atoms with E-state index in [0.29, 0.717) is 39.0 Å². The summed E-state index contributed by atoms with van der Waals surface area (Å²) in [6.45, 7) is 5.52. The number of aryl methyl sites for hydroxylation is 1. The lowest BCUT2D eigenvalue weighted by molar-refractivity contribution is -0.157. The van der Waals surface area contributed by atoms with Crippen molar-refractivity contribution < 1.29 is 23.4 Å². The summed E-state index contributed by atoms with van der Waals surface area (Å²) in [5.74, 6) is 4.41. The van der Waals surface area contributed by atoms with E-state index in [-0.39, 0.29) is 47.9 Å². The molecular weight excluding hydrogens is 548 g/mol. The Balaban J connectivity index is 0.00000173. The van der Waals surface area contributed by atoms with Crippen molar-refractivity contribution in [2.75, 3.05) is 5.73 Å². The van der Waals surface area contributed by atoms with E-state index in [1.165, 1.54) is 21.8 Å². The maximum Gasteiger partial charge on any atom is 0.340 e. The number of halogens is 2. The maximum absolute atomic E-state index is 14.6. The number of carbonyl (C=O) groups is 1. The van der Waals surface area contributed by atoms with Crippen LogP contribution in [0.2, 0.25) is 0 Å². The van der Waals surface area contributed by atoms with Gasteiger partial charge in [0.2, 0.25) is 0 Å². The van der Waals surface area contributed by atoms with Gasteiger partial charge in [0.25, 0.3) is 5.56 Å². The number of ether oxygens (including phenoxy) is 1. The second kappa shape index (κ2) is 10.8. The molecule has 42 heavy (non-hydrogen) atoms. The van der Waals surface area contributed by atoms with E-state index in [9.17, 15) is 23.5 Å². The average molecular weight is 578 g/mol. The highest BCUT2D eigenvalue weighted by Crippen LogP contribution is 2.38. The van der Waals surface area contributed by atoms with E-state index in [4.69, 9.17) is 22.0 Å². The molecule has 5 heterocycles. The molecule has 0 saturated heterocycles. The third-order valence-corrected chi connectivity index (χ3v) is 7.20. The quantitative estimate of drug-likeness (QED) is 0.141. The number of hydrogen-bond donors (Lipinski definition) is 4.